The maximum Gasteiger partial charge on any atom is 0.269 e. The molecule has 1 N–H and O–H groups in total. The Morgan fingerprint density at radius 3 is 2.90 bits per heavy atom. The predicted molar refractivity (Wildman–Crippen MR) is 70.7 cm³/mol. The Morgan fingerprint density at radius 1 is 1.45 bits per heavy atom. The van der Waals surface area contributed by atoms with E-state index in [0.717, 1.165) is 0 Å². The van der Waals surface area contributed by atoms with Gasteiger partial charge in [-0.2, -0.15) is 5.26 Å². The Labute approximate surface area is 115 Å². The first-order chi connectivity index (χ1) is 9.61. The van der Waals surface area contributed by atoms with Gasteiger partial charge in [-0.15, -0.1) is 0 Å². The Bertz CT molecular complexity index is 708. The van der Waals surface area contributed by atoms with Gasteiger partial charge in [0.05, 0.1) is 12.8 Å². The molecule has 0 saturated carbocycles. The molecule has 6 heteroatoms. The molecule has 0 saturated heterocycles. The molecule has 0 atom stereocenters. The molecule has 102 valence electrons. The number of nitrogens with zero attached hydrogens (tertiary/aromatic N) is 2. The van der Waals surface area contributed by atoms with Crippen molar-refractivity contribution in [2.45, 2.75) is 20.0 Å². The Hall–Kier alpha value is -2.81. The van der Waals surface area contributed by atoms with E-state index >= 15 is 0 Å². The quantitative estimate of drug-likeness (QED) is 0.896. The van der Waals surface area contributed by atoms with Crippen LogP contribution in [0.1, 0.15) is 17.0 Å². The number of carbonyl (C=O) groups excluding carboxylic acids is 1. The van der Waals surface area contributed by atoms with Gasteiger partial charge in [-0.05, 0) is 31.2 Å². The third-order valence-electron chi connectivity index (χ3n) is 2.85. The fraction of sp³-hybridized carbons (Fsp3) is 0.214. The zero-order valence-corrected chi connectivity index (χ0v) is 10.9. The largest absolute Gasteiger partial charge is 0.467 e. The summed E-state index contributed by atoms with van der Waals surface area (Å²) >= 11 is 0. The van der Waals surface area contributed by atoms with Gasteiger partial charge in [0.1, 0.15) is 23.9 Å². The normalized spacial score (nSPS) is 10.0. The Morgan fingerprint density at radius 2 is 2.25 bits per heavy atom. The van der Waals surface area contributed by atoms with Crippen LogP contribution in [-0.4, -0.2) is 10.5 Å². The van der Waals surface area contributed by atoms with Crippen molar-refractivity contribution in [1.82, 2.24) is 9.88 Å². The highest BCUT2D eigenvalue weighted by molar-refractivity contribution is 5.75. The van der Waals surface area contributed by atoms with Crippen LogP contribution in [0.5, 0.6) is 0 Å². The van der Waals surface area contributed by atoms with Crippen LogP contribution in [-0.2, 0) is 17.9 Å². The van der Waals surface area contributed by atoms with E-state index < -0.39 is 5.56 Å². The van der Waals surface area contributed by atoms with Gasteiger partial charge in [0.2, 0.25) is 5.91 Å². The molecule has 20 heavy (non-hydrogen) atoms. The lowest BCUT2D eigenvalue weighted by Gasteiger charge is -2.10. The summed E-state index contributed by atoms with van der Waals surface area (Å²) in [5.41, 5.74) is 0.192. The molecule has 6 nitrogen and oxygen atoms in total. The van der Waals surface area contributed by atoms with Crippen LogP contribution in [0.25, 0.3) is 0 Å². The lowest BCUT2D eigenvalue weighted by Crippen LogP contribution is -2.33. The van der Waals surface area contributed by atoms with E-state index in [9.17, 15) is 9.59 Å². The zero-order valence-electron chi connectivity index (χ0n) is 10.9. The number of aromatic nitrogens is 1. The zero-order chi connectivity index (χ0) is 14.5. The highest BCUT2D eigenvalue weighted by atomic mass is 16.3. The number of furan rings is 1. The molecule has 0 bridgehead atoms. The minimum absolute atomic E-state index is 0.0226. The summed E-state index contributed by atoms with van der Waals surface area (Å²) in [4.78, 5) is 23.7. The molecule has 0 aliphatic carbocycles. The number of nitriles is 1. The SMILES string of the molecule is Cc1ccc(C#N)c(=O)n1CC(=O)NCc1ccco1. The molecule has 0 radical (unpaired) electrons. The molecule has 2 heterocycles. The molecule has 0 aliphatic heterocycles. The van der Waals surface area contributed by atoms with Crippen molar-refractivity contribution >= 4 is 5.91 Å². The van der Waals surface area contributed by atoms with E-state index in [0.29, 0.717) is 11.5 Å². The molecule has 1 amide bonds. The van der Waals surface area contributed by atoms with Crippen molar-refractivity contribution in [2.75, 3.05) is 0 Å². The molecule has 2 aromatic rings. The van der Waals surface area contributed by atoms with Gasteiger partial charge in [0.15, 0.2) is 0 Å². The number of pyridine rings is 1. The average molecular weight is 271 g/mol. The minimum Gasteiger partial charge on any atom is -0.467 e. The standard InChI is InChI=1S/C14H13N3O3/c1-10-4-5-11(7-15)14(19)17(10)9-13(18)16-8-12-3-2-6-20-12/h2-6H,8-9H2,1H3,(H,16,18). The van der Waals surface area contributed by atoms with Gasteiger partial charge in [-0.25, -0.2) is 0 Å². The summed E-state index contributed by atoms with van der Waals surface area (Å²) in [7, 11) is 0. The maximum absolute atomic E-state index is 11.9. The molecular formula is C14H13N3O3. The average Bonchev–Trinajstić information content (AvgIpc) is 2.94. The van der Waals surface area contributed by atoms with Crippen LogP contribution in [0.2, 0.25) is 0 Å². The van der Waals surface area contributed by atoms with Crippen molar-refractivity contribution in [1.29, 1.82) is 5.26 Å². The van der Waals surface area contributed by atoms with E-state index in [1.54, 1.807) is 25.1 Å². The van der Waals surface area contributed by atoms with Crippen molar-refractivity contribution in [3.05, 3.63) is 57.9 Å². The molecule has 0 aromatic carbocycles. The molecule has 0 spiro atoms. The number of rotatable bonds is 4. The lowest BCUT2D eigenvalue weighted by atomic mass is 10.2. The van der Waals surface area contributed by atoms with Gasteiger partial charge in [0, 0.05) is 5.69 Å². The molecule has 0 unspecified atom stereocenters. The topological polar surface area (TPSA) is 88.0 Å². The fourth-order valence-electron chi connectivity index (χ4n) is 1.75. The van der Waals surface area contributed by atoms with Crippen LogP contribution in [0, 0.1) is 18.3 Å². The van der Waals surface area contributed by atoms with E-state index in [2.05, 4.69) is 5.32 Å². The highest BCUT2D eigenvalue weighted by Gasteiger charge is 2.10. The first kappa shape index (κ1) is 13.6. The fourth-order valence-corrected chi connectivity index (χ4v) is 1.75. The maximum atomic E-state index is 11.9. The van der Waals surface area contributed by atoms with Crippen LogP contribution < -0.4 is 10.9 Å². The number of hydrogen-bond donors (Lipinski definition) is 1. The van der Waals surface area contributed by atoms with E-state index in [-0.39, 0.29) is 24.6 Å². The first-order valence-corrected chi connectivity index (χ1v) is 6.01. The third-order valence-corrected chi connectivity index (χ3v) is 2.85. The molecule has 0 fully saturated rings. The number of hydrogen-bond acceptors (Lipinski definition) is 4. The number of aryl methyl sites for hydroxylation is 1. The van der Waals surface area contributed by atoms with Gasteiger partial charge in [-0.1, -0.05) is 0 Å². The second-order valence-corrected chi connectivity index (χ2v) is 4.25. The second-order valence-electron chi connectivity index (χ2n) is 4.25. The minimum atomic E-state index is -0.458. The van der Waals surface area contributed by atoms with Gasteiger partial charge >= 0.3 is 0 Å². The summed E-state index contributed by atoms with van der Waals surface area (Å²) < 4.78 is 6.37. The van der Waals surface area contributed by atoms with Crippen molar-refractivity contribution in [3.8, 4) is 6.07 Å². The first-order valence-electron chi connectivity index (χ1n) is 6.01. The van der Waals surface area contributed by atoms with Crippen LogP contribution in [0.15, 0.2) is 39.7 Å². The van der Waals surface area contributed by atoms with Gasteiger partial charge in [-0.3, -0.25) is 9.59 Å². The van der Waals surface area contributed by atoms with Gasteiger partial charge in [0.25, 0.3) is 5.56 Å². The summed E-state index contributed by atoms with van der Waals surface area (Å²) in [6.45, 7) is 1.85. The molecule has 0 aliphatic rings. The van der Waals surface area contributed by atoms with Crippen molar-refractivity contribution in [2.24, 2.45) is 0 Å². The van der Waals surface area contributed by atoms with Crippen LogP contribution in [0.3, 0.4) is 0 Å². The predicted octanol–water partition coefficient (Wildman–Crippen LogP) is 0.938. The molecule has 2 aromatic heterocycles. The van der Waals surface area contributed by atoms with Crippen LogP contribution in [0.4, 0.5) is 0 Å². The third kappa shape index (κ3) is 2.95. The summed E-state index contributed by atoms with van der Waals surface area (Å²) in [5, 5.41) is 11.5. The van der Waals surface area contributed by atoms with Crippen molar-refractivity contribution < 1.29 is 9.21 Å². The number of carbonyl (C=O) groups is 1. The summed E-state index contributed by atoms with van der Waals surface area (Å²) in [6, 6.07) is 8.38. The lowest BCUT2D eigenvalue weighted by molar-refractivity contribution is -0.122. The van der Waals surface area contributed by atoms with Crippen LogP contribution >= 0.6 is 0 Å². The Kier molecular flexibility index (Phi) is 4.01. The smallest absolute Gasteiger partial charge is 0.269 e. The highest BCUT2D eigenvalue weighted by Crippen LogP contribution is 2.00. The number of amides is 1. The molecule has 2 rings (SSSR count). The Balaban J connectivity index is 2.08. The number of nitrogens with one attached hydrogen (secondary N) is 1. The van der Waals surface area contributed by atoms with E-state index in [1.807, 2.05) is 6.07 Å². The molecular weight excluding hydrogens is 258 g/mol. The second kappa shape index (κ2) is 5.89. The van der Waals surface area contributed by atoms with E-state index in [1.165, 1.54) is 16.9 Å². The van der Waals surface area contributed by atoms with E-state index in [4.69, 9.17) is 9.68 Å². The monoisotopic (exact) mass is 271 g/mol. The van der Waals surface area contributed by atoms with Gasteiger partial charge < -0.3 is 14.3 Å². The summed E-state index contributed by atoms with van der Waals surface area (Å²) in [5.74, 6) is 0.315. The summed E-state index contributed by atoms with van der Waals surface area (Å²) in [6.07, 6.45) is 1.52. The van der Waals surface area contributed by atoms with Crippen molar-refractivity contribution in [3.63, 3.8) is 0 Å².